The molecular weight excluding hydrogens is 608 g/mol. The van der Waals surface area contributed by atoms with Gasteiger partial charge in [-0.25, -0.2) is 9.48 Å². The first kappa shape index (κ1) is 32.9. The Kier molecular flexibility index (Phi) is 7.69. The minimum Gasteiger partial charge on any atom is -0.478 e. The van der Waals surface area contributed by atoms with E-state index in [1.54, 1.807) is 4.68 Å². The lowest BCUT2D eigenvalue weighted by Crippen LogP contribution is -2.69. The van der Waals surface area contributed by atoms with Crippen molar-refractivity contribution in [1.82, 2.24) is 15.0 Å². The molecule has 5 N–H and O–H groups in total. The van der Waals surface area contributed by atoms with Gasteiger partial charge in [-0.05, 0) is 107 Å². The summed E-state index contributed by atoms with van der Waals surface area (Å²) in [5.41, 5.74) is 5.83. The number of fused-ring (bicyclic) bond motifs is 6. The number of aromatic nitrogens is 3. The molecule has 0 saturated heterocycles. The van der Waals surface area contributed by atoms with Crippen molar-refractivity contribution in [3.8, 4) is 0 Å². The molecule has 0 spiro atoms. The van der Waals surface area contributed by atoms with Crippen LogP contribution in [0, 0.1) is 34.0 Å². The van der Waals surface area contributed by atoms with Crippen molar-refractivity contribution in [2.75, 3.05) is 0 Å². The van der Waals surface area contributed by atoms with E-state index in [4.69, 9.17) is 10.5 Å². The number of nitrogens with two attached hydrogens (primary N) is 1. The Morgan fingerprint density at radius 3 is 2.42 bits per heavy atom. The molecule has 0 unspecified atom stereocenters. The van der Waals surface area contributed by atoms with Crippen LogP contribution in [-0.4, -0.2) is 60.6 Å². The second-order valence-corrected chi connectivity index (χ2v) is 15.9. The van der Waals surface area contributed by atoms with Gasteiger partial charge < -0.3 is 25.8 Å². The second-order valence-electron chi connectivity index (χ2n) is 15.9. The number of carbonyl (C=O) groups excluding carboxylic acids is 1. The number of ether oxygens (including phenoxy) is 1. The standard InChI is InChI=1S/C38H48N4O6/c1-21(43)48-28-18-37(4)26(32(28)31(34(46)47)24-11-10-22-8-6-7-9-23(22)16-24)17-27(44)33-35(2)14-13-30(45)38(5,29(35)12-15-36(33,37)3)42-20-25(19-39)40-41-42/h6-11,16,20,26-30,33,44-45H,12-15,17-19,39H2,1-5H3,(H,46,47)/b32-31-/t26-,27+,28-,29+,30+,33-,35-,36-,37-,38+/m0/s1. The van der Waals surface area contributed by atoms with Crippen LogP contribution in [0.4, 0.5) is 0 Å². The fraction of sp³-hybridized carbons (Fsp3) is 0.579. The molecular formula is C38H48N4O6. The van der Waals surface area contributed by atoms with Crippen LogP contribution in [0.3, 0.4) is 0 Å². The number of aliphatic hydroxyl groups excluding tert-OH is 2. The Morgan fingerprint density at radius 1 is 1.02 bits per heavy atom. The van der Waals surface area contributed by atoms with Gasteiger partial charge in [0.1, 0.15) is 6.10 Å². The number of rotatable bonds is 5. The summed E-state index contributed by atoms with van der Waals surface area (Å²) in [5.74, 6) is -2.01. The highest BCUT2D eigenvalue weighted by Crippen LogP contribution is 2.75. The average Bonchev–Trinajstić information content (AvgIpc) is 3.63. The van der Waals surface area contributed by atoms with E-state index in [2.05, 4.69) is 38.0 Å². The first-order valence-corrected chi connectivity index (χ1v) is 17.3. The highest BCUT2D eigenvalue weighted by atomic mass is 16.5. The molecule has 4 aliphatic carbocycles. The van der Waals surface area contributed by atoms with Crippen molar-refractivity contribution in [3.05, 3.63) is 65.5 Å². The number of benzene rings is 2. The molecule has 2 aromatic carbocycles. The molecule has 3 aromatic rings. The van der Waals surface area contributed by atoms with E-state index >= 15 is 0 Å². The zero-order valence-electron chi connectivity index (χ0n) is 28.5. The van der Waals surface area contributed by atoms with Crippen molar-refractivity contribution < 1.29 is 29.6 Å². The average molecular weight is 657 g/mol. The maximum Gasteiger partial charge on any atom is 0.336 e. The lowest BCUT2D eigenvalue weighted by molar-refractivity contribution is -0.248. The molecule has 4 fully saturated rings. The van der Waals surface area contributed by atoms with Gasteiger partial charge in [0, 0.05) is 13.5 Å². The molecule has 0 radical (unpaired) electrons. The number of nitrogens with zero attached hydrogens (tertiary/aromatic N) is 3. The monoisotopic (exact) mass is 656 g/mol. The van der Waals surface area contributed by atoms with Crippen molar-refractivity contribution >= 4 is 28.3 Å². The third kappa shape index (κ3) is 4.48. The summed E-state index contributed by atoms with van der Waals surface area (Å²) in [6.07, 6.45) is 3.36. The van der Waals surface area contributed by atoms with Crippen molar-refractivity contribution in [2.24, 2.45) is 39.7 Å². The third-order valence-corrected chi connectivity index (χ3v) is 13.8. The predicted octanol–water partition coefficient (Wildman–Crippen LogP) is 5.06. The molecule has 0 aliphatic heterocycles. The van der Waals surface area contributed by atoms with Gasteiger partial charge in [0.15, 0.2) is 0 Å². The summed E-state index contributed by atoms with van der Waals surface area (Å²) in [7, 11) is 0. The van der Waals surface area contributed by atoms with Crippen LogP contribution in [0.5, 0.6) is 0 Å². The SMILES string of the molecule is CC(=O)O[C@H]1C[C@@]2(C)[C@@H](C[C@@H](O)[C@H]3[C@@]4(C)CC[C@@H](O)[C@](C)(n5cc(CN)nn5)[C@@H]4CC[C@@]32C)/C1=C(/C(=O)O)c1ccc2ccccc2c1. The van der Waals surface area contributed by atoms with Crippen molar-refractivity contribution in [1.29, 1.82) is 0 Å². The molecule has 0 bridgehead atoms. The van der Waals surface area contributed by atoms with Crippen LogP contribution in [0.15, 0.2) is 54.2 Å². The number of aliphatic hydroxyl groups is 2. The lowest BCUT2D eigenvalue weighted by atomic mass is 9.35. The Bertz CT molecular complexity index is 1820. The van der Waals surface area contributed by atoms with Gasteiger partial charge >= 0.3 is 11.9 Å². The van der Waals surface area contributed by atoms with Crippen molar-refractivity contribution in [3.63, 3.8) is 0 Å². The molecule has 256 valence electrons. The topological polar surface area (TPSA) is 161 Å². The van der Waals surface area contributed by atoms with E-state index in [9.17, 15) is 24.9 Å². The molecule has 1 heterocycles. The number of hydrogen-bond donors (Lipinski definition) is 4. The van der Waals surface area contributed by atoms with Crippen LogP contribution in [0.1, 0.15) is 84.4 Å². The molecule has 0 amide bonds. The minimum atomic E-state index is -1.07. The zero-order chi connectivity index (χ0) is 34.4. The van der Waals surface area contributed by atoms with E-state index in [0.717, 1.165) is 30.0 Å². The maximum atomic E-state index is 13.3. The van der Waals surface area contributed by atoms with E-state index in [1.807, 2.05) is 48.7 Å². The van der Waals surface area contributed by atoms with Gasteiger partial charge in [0.2, 0.25) is 0 Å². The van der Waals surface area contributed by atoms with E-state index < -0.39 is 46.6 Å². The number of esters is 1. The quantitative estimate of drug-likeness (QED) is 0.217. The van der Waals surface area contributed by atoms with Gasteiger partial charge in [-0.3, -0.25) is 4.79 Å². The Labute approximate surface area is 281 Å². The fourth-order valence-electron chi connectivity index (χ4n) is 11.6. The largest absolute Gasteiger partial charge is 0.478 e. The molecule has 48 heavy (non-hydrogen) atoms. The summed E-state index contributed by atoms with van der Waals surface area (Å²) in [6, 6.07) is 13.5. The normalized spacial score (nSPS) is 40.1. The zero-order valence-corrected chi connectivity index (χ0v) is 28.5. The second kappa shape index (κ2) is 11.2. The molecule has 10 atom stereocenters. The van der Waals surface area contributed by atoms with Gasteiger partial charge in [0.25, 0.3) is 0 Å². The van der Waals surface area contributed by atoms with E-state index in [0.29, 0.717) is 36.1 Å². The molecule has 4 aliphatic rings. The van der Waals surface area contributed by atoms with Gasteiger partial charge in [0.05, 0.1) is 35.2 Å². The summed E-state index contributed by atoms with van der Waals surface area (Å²) >= 11 is 0. The first-order chi connectivity index (χ1) is 22.7. The van der Waals surface area contributed by atoms with Crippen LogP contribution >= 0.6 is 0 Å². The number of hydrogen-bond acceptors (Lipinski definition) is 8. The predicted molar refractivity (Wildman–Crippen MR) is 180 cm³/mol. The van der Waals surface area contributed by atoms with Crippen molar-refractivity contribution in [2.45, 2.75) is 104 Å². The molecule has 1 aromatic heterocycles. The van der Waals surface area contributed by atoms with Crippen LogP contribution < -0.4 is 5.73 Å². The highest BCUT2D eigenvalue weighted by molar-refractivity contribution is 6.17. The number of carboxylic acid groups (broad SMARTS) is 1. The number of carboxylic acids is 1. The molecule has 4 saturated carbocycles. The molecule has 10 nitrogen and oxygen atoms in total. The Hall–Kier alpha value is -3.60. The summed E-state index contributed by atoms with van der Waals surface area (Å²) < 4.78 is 7.83. The van der Waals surface area contributed by atoms with Crippen LogP contribution in [-0.2, 0) is 26.4 Å². The fourth-order valence-corrected chi connectivity index (χ4v) is 11.6. The first-order valence-electron chi connectivity index (χ1n) is 17.3. The summed E-state index contributed by atoms with van der Waals surface area (Å²) in [4.78, 5) is 25.9. The third-order valence-electron chi connectivity index (χ3n) is 13.8. The Morgan fingerprint density at radius 2 is 1.75 bits per heavy atom. The van der Waals surface area contributed by atoms with E-state index in [-0.39, 0.29) is 35.3 Å². The van der Waals surface area contributed by atoms with Gasteiger partial charge in [-0.15, -0.1) is 5.10 Å². The van der Waals surface area contributed by atoms with Crippen LogP contribution in [0.25, 0.3) is 16.3 Å². The van der Waals surface area contributed by atoms with E-state index in [1.165, 1.54) is 6.92 Å². The summed E-state index contributed by atoms with van der Waals surface area (Å²) in [6.45, 7) is 10.5. The Balaban J connectivity index is 1.36. The lowest BCUT2D eigenvalue weighted by Gasteiger charge is -2.70. The highest BCUT2D eigenvalue weighted by Gasteiger charge is 2.72. The molecule has 10 heteroatoms. The summed E-state index contributed by atoms with van der Waals surface area (Å²) in [5, 5.41) is 45.5. The van der Waals surface area contributed by atoms with Gasteiger partial charge in [-0.2, -0.15) is 0 Å². The smallest absolute Gasteiger partial charge is 0.336 e. The number of carbonyl (C=O) groups is 2. The molecule has 7 rings (SSSR count). The maximum absolute atomic E-state index is 13.3. The van der Waals surface area contributed by atoms with Gasteiger partial charge in [-0.1, -0.05) is 62.4 Å². The number of aliphatic carboxylic acids is 1. The minimum absolute atomic E-state index is 0.0122. The van der Waals surface area contributed by atoms with Crippen LogP contribution in [0.2, 0.25) is 0 Å².